The van der Waals surface area contributed by atoms with E-state index in [0.717, 1.165) is 34.0 Å². The van der Waals surface area contributed by atoms with Gasteiger partial charge in [-0.05, 0) is 73.6 Å². The first-order valence-corrected chi connectivity index (χ1v) is 12.9. The minimum Gasteiger partial charge on any atom is -0.493 e. The first kappa shape index (κ1) is 24.2. The fraction of sp³-hybridized carbons (Fsp3) is 0.259. The number of thiophene rings is 1. The van der Waals surface area contributed by atoms with E-state index < -0.39 is 5.97 Å². The smallest absolute Gasteiger partial charge is 0.341 e. The van der Waals surface area contributed by atoms with Crippen molar-refractivity contribution >= 4 is 50.2 Å². The van der Waals surface area contributed by atoms with Crippen molar-refractivity contribution in [3.8, 4) is 16.9 Å². The third-order valence-corrected chi connectivity index (χ3v) is 7.15. The Morgan fingerprint density at radius 2 is 1.91 bits per heavy atom. The summed E-state index contributed by atoms with van der Waals surface area (Å²) in [5, 5.41) is 5.22. The van der Waals surface area contributed by atoms with Crippen molar-refractivity contribution in [2.45, 2.75) is 32.6 Å². The molecule has 1 heterocycles. The lowest BCUT2D eigenvalue weighted by Crippen LogP contribution is -2.11. The van der Waals surface area contributed by atoms with Crippen molar-refractivity contribution in [3.05, 3.63) is 74.6 Å². The van der Waals surface area contributed by atoms with Gasteiger partial charge in [0, 0.05) is 27.1 Å². The van der Waals surface area contributed by atoms with E-state index in [1.165, 1.54) is 48.5 Å². The molecule has 0 fully saturated rings. The second kappa shape index (κ2) is 11.0. The van der Waals surface area contributed by atoms with Gasteiger partial charge in [-0.2, -0.15) is 0 Å². The van der Waals surface area contributed by atoms with Gasteiger partial charge in [-0.3, -0.25) is 4.79 Å². The van der Waals surface area contributed by atoms with Gasteiger partial charge in [0.25, 0.3) is 0 Å². The van der Waals surface area contributed by atoms with E-state index in [4.69, 9.17) is 9.47 Å². The third kappa shape index (κ3) is 5.42. The van der Waals surface area contributed by atoms with Crippen LogP contribution in [0.4, 0.5) is 5.00 Å². The summed E-state index contributed by atoms with van der Waals surface area (Å²) in [5.74, 6) is -0.124. The molecule has 4 rings (SSSR count). The highest BCUT2D eigenvalue weighted by Gasteiger charge is 2.23. The molecule has 1 aliphatic carbocycles. The van der Waals surface area contributed by atoms with Crippen LogP contribution in [0.5, 0.6) is 5.75 Å². The first-order chi connectivity index (χ1) is 16.5. The zero-order chi connectivity index (χ0) is 24.1. The predicted molar refractivity (Wildman–Crippen MR) is 141 cm³/mol. The predicted octanol–water partition coefficient (Wildman–Crippen LogP) is 6.89. The molecule has 5 nitrogen and oxygen atoms in total. The van der Waals surface area contributed by atoms with Crippen LogP contribution in [0.2, 0.25) is 0 Å². The molecule has 34 heavy (non-hydrogen) atoms. The number of rotatable bonds is 7. The zero-order valence-corrected chi connectivity index (χ0v) is 21.6. The molecular formula is C27H26BrNO4S. The van der Waals surface area contributed by atoms with Crippen molar-refractivity contribution in [1.82, 2.24) is 0 Å². The summed E-state index contributed by atoms with van der Waals surface area (Å²) < 4.78 is 11.6. The van der Waals surface area contributed by atoms with Gasteiger partial charge in [0.15, 0.2) is 0 Å². The highest BCUT2D eigenvalue weighted by atomic mass is 79.9. The molecule has 176 valence electrons. The summed E-state index contributed by atoms with van der Waals surface area (Å²) in [6.07, 6.45) is 7.67. The molecule has 0 saturated heterocycles. The monoisotopic (exact) mass is 539 g/mol. The van der Waals surface area contributed by atoms with Crippen molar-refractivity contribution in [2.24, 2.45) is 0 Å². The zero-order valence-electron chi connectivity index (χ0n) is 19.2. The quantitative estimate of drug-likeness (QED) is 0.262. The number of benzene rings is 2. The maximum Gasteiger partial charge on any atom is 0.341 e. The number of nitrogens with one attached hydrogen (secondary N) is 1. The SMILES string of the molecule is CCOc1ccc(Br)cc1/C=C/C(=O)Nc1scc(-c2ccc3c(c2)CCCC3)c1C(=O)OC. The molecule has 0 saturated carbocycles. The van der Waals surface area contributed by atoms with E-state index in [-0.39, 0.29) is 5.91 Å². The van der Waals surface area contributed by atoms with E-state index in [1.807, 2.05) is 36.6 Å². The summed E-state index contributed by atoms with van der Waals surface area (Å²) in [4.78, 5) is 25.4. The average Bonchev–Trinajstić information content (AvgIpc) is 3.26. The molecule has 3 aromatic rings. The molecule has 0 atom stereocenters. The molecular weight excluding hydrogens is 514 g/mol. The van der Waals surface area contributed by atoms with Crippen LogP contribution in [-0.4, -0.2) is 25.6 Å². The number of aryl methyl sites for hydroxylation is 2. The minimum absolute atomic E-state index is 0.341. The van der Waals surface area contributed by atoms with Crippen molar-refractivity contribution in [1.29, 1.82) is 0 Å². The molecule has 0 unspecified atom stereocenters. The molecule has 1 N–H and O–H groups in total. The largest absolute Gasteiger partial charge is 0.493 e. The van der Waals surface area contributed by atoms with Gasteiger partial charge in [0.2, 0.25) is 5.91 Å². The van der Waals surface area contributed by atoms with Gasteiger partial charge in [0.1, 0.15) is 16.3 Å². The number of ether oxygens (including phenoxy) is 2. The van der Waals surface area contributed by atoms with Gasteiger partial charge in [-0.15, -0.1) is 11.3 Å². The van der Waals surface area contributed by atoms with Crippen molar-refractivity contribution in [3.63, 3.8) is 0 Å². The van der Waals surface area contributed by atoms with Crippen LogP contribution in [0.25, 0.3) is 17.2 Å². The normalized spacial score (nSPS) is 12.9. The van der Waals surface area contributed by atoms with E-state index in [9.17, 15) is 9.59 Å². The fourth-order valence-corrected chi connectivity index (χ4v) is 5.46. The highest BCUT2D eigenvalue weighted by molar-refractivity contribution is 9.10. The number of amides is 1. The highest BCUT2D eigenvalue weighted by Crippen LogP contribution is 2.38. The average molecular weight is 540 g/mol. The Hall–Kier alpha value is -2.90. The fourth-order valence-electron chi connectivity index (χ4n) is 4.12. The standard InChI is InChI=1S/C27H26BrNO4S/c1-3-33-23-12-11-21(28)15-20(23)10-13-24(30)29-26-25(27(31)32-2)22(16-34-26)19-9-8-17-6-4-5-7-18(17)14-19/h8-16H,3-7H2,1-2H3,(H,29,30)/b13-10+. The van der Waals surface area contributed by atoms with Crippen LogP contribution in [-0.2, 0) is 22.4 Å². The van der Waals surface area contributed by atoms with E-state index in [2.05, 4.69) is 33.4 Å². The Balaban J connectivity index is 1.60. The Labute approximate surface area is 211 Å². The van der Waals surface area contributed by atoms with Gasteiger partial charge >= 0.3 is 5.97 Å². The van der Waals surface area contributed by atoms with Gasteiger partial charge in [-0.25, -0.2) is 4.79 Å². The molecule has 1 aliphatic rings. The summed E-state index contributed by atoms with van der Waals surface area (Å²) in [6, 6.07) is 12.0. The maximum absolute atomic E-state index is 12.7. The minimum atomic E-state index is -0.473. The maximum atomic E-state index is 12.7. The summed E-state index contributed by atoms with van der Waals surface area (Å²) in [7, 11) is 1.35. The van der Waals surface area contributed by atoms with Crippen molar-refractivity contribution in [2.75, 3.05) is 19.0 Å². The number of hydrogen-bond donors (Lipinski definition) is 1. The molecule has 0 spiro atoms. The van der Waals surface area contributed by atoms with Crippen LogP contribution in [0.1, 0.15) is 46.8 Å². The van der Waals surface area contributed by atoms with E-state index >= 15 is 0 Å². The molecule has 7 heteroatoms. The summed E-state index contributed by atoms with van der Waals surface area (Å²) >= 11 is 4.77. The second-order valence-electron chi connectivity index (χ2n) is 7.97. The Morgan fingerprint density at radius 1 is 1.12 bits per heavy atom. The number of methoxy groups -OCH3 is 1. The number of hydrogen-bond acceptors (Lipinski definition) is 5. The number of esters is 1. The van der Waals surface area contributed by atoms with Crippen LogP contribution in [0.15, 0.2) is 52.3 Å². The van der Waals surface area contributed by atoms with Gasteiger partial charge in [0.05, 0.1) is 13.7 Å². The summed E-state index contributed by atoms with van der Waals surface area (Å²) in [6.45, 7) is 2.44. The number of carbonyl (C=O) groups excluding carboxylic acids is 2. The Bertz CT molecular complexity index is 1250. The lowest BCUT2D eigenvalue weighted by Gasteiger charge is -2.16. The van der Waals surface area contributed by atoms with Crippen LogP contribution in [0.3, 0.4) is 0 Å². The van der Waals surface area contributed by atoms with E-state index in [0.29, 0.717) is 22.9 Å². The van der Waals surface area contributed by atoms with Crippen molar-refractivity contribution < 1.29 is 19.1 Å². The number of halogens is 1. The molecule has 0 radical (unpaired) electrons. The number of fused-ring (bicyclic) bond motifs is 1. The molecule has 2 aromatic carbocycles. The van der Waals surface area contributed by atoms with Crippen LogP contribution in [0, 0.1) is 0 Å². The first-order valence-electron chi connectivity index (χ1n) is 11.2. The van der Waals surface area contributed by atoms with Gasteiger partial charge < -0.3 is 14.8 Å². The molecule has 1 aromatic heterocycles. The Morgan fingerprint density at radius 3 is 2.68 bits per heavy atom. The second-order valence-corrected chi connectivity index (χ2v) is 9.77. The molecule has 0 bridgehead atoms. The molecule has 1 amide bonds. The van der Waals surface area contributed by atoms with E-state index in [1.54, 1.807) is 6.08 Å². The summed E-state index contributed by atoms with van der Waals surface area (Å²) in [5.41, 5.74) is 5.60. The lowest BCUT2D eigenvalue weighted by molar-refractivity contribution is -0.111. The van der Waals surface area contributed by atoms with Crippen LogP contribution < -0.4 is 10.1 Å². The Kier molecular flexibility index (Phi) is 7.85. The number of carbonyl (C=O) groups is 2. The topological polar surface area (TPSA) is 64.6 Å². The van der Waals surface area contributed by atoms with Crippen LogP contribution >= 0.6 is 27.3 Å². The van der Waals surface area contributed by atoms with Gasteiger partial charge in [-0.1, -0.05) is 34.1 Å². The number of anilines is 1. The third-order valence-electron chi connectivity index (χ3n) is 5.76. The molecule has 0 aliphatic heterocycles. The lowest BCUT2D eigenvalue weighted by atomic mass is 9.89.